The molecule has 0 radical (unpaired) electrons. The Morgan fingerprint density at radius 2 is 2.09 bits per heavy atom. The van der Waals surface area contributed by atoms with Crippen molar-refractivity contribution in [1.82, 2.24) is 9.88 Å². The highest BCUT2D eigenvalue weighted by Gasteiger charge is 2.29. The van der Waals surface area contributed by atoms with E-state index in [0.717, 1.165) is 5.56 Å². The van der Waals surface area contributed by atoms with Crippen LogP contribution in [0, 0.1) is 5.92 Å². The summed E-state index contributed by atoms with van der Waals surface area (Å²) in [6, 6.07) is 9.70. The van der Waals surface area contributed by atoms with E-state index in [1.54, 1.807) is 11.1 Å². The van der Waals surface area contributed by atoms with E-state index in [1.165, 1.54) is 0 Å². The molecule has 120 valence electrons. The summed E-state index contributed by atoms with van der Waals surface area (Å²) in [6.45, 7) is 1.02. The van der Waals surface area contributed by atoms with Crippen LogP contribution in [0.4, 0.5) is 0 Å². The number of hydrogen-bond acceptors (Lipinski definition) is 4. The Morgan fingerprint density at radius 1 is 1.30 bits per heavy atom. The van der Waals surface area contributed by atoms with Crippen LogP contribution in [0.25, 0.3) is 11.3 Å². The van der Waals surface area contributed by atoms with Gasteiger partial charge in [-0.3, -0.25) is 9.59 Å². The molecule has 1 aromatic carbocycles. The molecule has 2 N–H and O–H groups in total. The molecule has 6 nitrogen and oxygen atoms in total. The second-order valence-electron chi connectivity index (χ2n) is 5.71. The van der Waals surface area contributed by atoms with Crippen molar-refractivity contribution in [2.24, 2.45) is 11.7 Å². The molecule has 0 bridgehead atoms. The summed E-state index contributed by atoms with van der Waals surface area (Å²) >= 11 is 0. The molecule has 23 heavy (non-hydrogen) atoms. The van der Waals surface area contributed by atoms with Gasteiger partial charge in [0.1, 0.15) is 0 Å². The molecule has 0 unspecified atom stereocenters. The molecule has 1 fully saturated rings. The molecule has 2 amide bonds. The van der Waals surface area contributed by atoms with Gasteiger partial charge in [-0.15, -0.1) is 0 Å². The van der Waals surface area contributed by atoms with Crippen LogP contribution in [0.1, 0.15) is 18.7 Å². The number of primary amides is 1. The Bertz CT molecular complexity index is 696. The molecule has 1 aliphatic rings. The smallest absolute Gasteiger partial charge is 0.223 e. The molecular formula is C17H19N3O3. The predicted octanol–water partition coefficient (Wildman–Crippen LogP) is 1.61. The lowest BCUT2D eigenvalue weighted by Gasteiger charge is -2.15. The summed E-state index contributed by atoms with van der Waals surface area (Å²) in [5.74, 6) is 0.699. The summed E-state index contributed by atoms with van der Waals surface area (Å²) in [5, 5.41) is 0. The van der Waals surface area contributed by atoms with E-state index in [-0.39, 0.29) is 17.7 Å². The second kappa shape index (κ2) is 6.64. The molecule has 1 aromatic heterocycles. The van der Waals surface area contributed by atoms with Crippen molar-refractivity contribution >= 4 is 11.8 Å². The normalized spacial score (nSPS) is 17.4. The van der Waals surface area contributed by atoms with Crippen molar-refractivity contribution in [2.45, 2.75) is 19.3 Å². The number of carbonyl (C=O) groups is 2. The van der Waals surface area contributed by atoms with Crippen molar-refractivity contribution in [3.05, 3.63) is 42.4 Å². The first-order chi connectivity index (χ1) is 11.1. The number of aromatic nitrogens is 1. The van der Waals surface area contributed by atoms with Crippen LogP contribution in [0.3, 0.4) is 0 Å². The lowest BCUT2D eigenvalue weighted by molar-refractivity contribution is -0.130. The van der Waals surface area contributed by atoms with Crippen LogP contribution in [0.2, 0.25) is 0 Å². The Labute approximate surface area is 134 Å². The highest BCUT2D eigenvalue weighted by molar-refractivity contribution is 5.81. The zero-order chi connectivity index (χ0) is 16.2. The molecule has 1 aliphatic heterocycles. The van der Waals surface area contributed by atoms with Crippen LogP contribution in [-0.4, -0.2) is 34.8 Å². The molecule has 1 atom stereocenters. The molecule has 1 saturated heterocycles. The molecule has 0 saturated carbocycles. The van der Waals surface area contributed by atoms with Crippen molar-refractivity contribution < 1.29 is 14.0 Å². The van der Waals surface area contributed by atoms with Gasteiger partial charge in [0.25, 0.3) is 0 Å². The zero-order valence-corrected chi connectivity index (χ0v) is 12.8. The van der Waals surface area contributed by atoms with Gasteiger partial charge in [-0.25, -0.2) is 4.98 Å². The van der Waals surface area contributed by atoms with E-state index < -0.39 is 0 Å². The minimum absolute atomic E-state index is 0.00760. The maximum atomic E-state index is 12.2. The summed E-state index contributed by atoms with van der Waals surface area (Å²) in [4.78, 5) is 29.2. The van der Waals surface area contributed by atoms with Crippen LogP contribution >= 0.6 is 0 Å². The lowest BCUT2D eigenvalue weighted by Crippen LogP contribution is -2.31. The van der Waals surface area contributed by atoms with Gasteiger partial charge in [-0.1, -0.05) is 30.3 Å². The minimum atomic E-state index is -0.333. The van der Waals surface area contributed by atoms with E-state index in [2.05, 4.69) is 4.98 Å². The molecule has 0 aliphatic carbocycles. The fraction of sp³-hybridized carbons (Fsp3) is 0.353. The van der Waals surface area contributed by atoms with Crippen LogP contribution in [-0.2, 0) is 16.0 Å². The number of benzene rings is 1. The molecule has 2 heterocycles. The fourth-order valence-electron chi connectivity index (χ4n) is 2.75. The number of likely N-dealkylation sites (tertiary alicyclic amines) is 1. The van der Waals surface area contributed by atoms with Gasteiger partial charge < -0.3 is 15.1 Å². The Morgan fingerprint density at radius 3 is 2.78 bits per heavy atom. The van der Waals surface area contributed by atoms with Gasteiger partial charge in [0.05, 0.1) is 12.1 Å². The standard InChI is InChI=1S/C17H19N3O3/c18-17(22)13-8-9-20(11-13)16(21)7-6-15-19-10-14(23-15)12-4-2-1-3-5-12/h1-5,10,13H,6-9,11H2,(H2,18,22)/t13-/m0/s1. The SMILES string of the molecule is NC(=O)[C@H]1CCN(C(=O)CCc2ncc(-c3ccccc3)o2)C1. The van der Waals surface area contributed by atoms with E-state index in [9.17, 15) is 9.59 Å². The molecule has 3 rings (SSSR count). The molecule has 2 aromatic rings. The largest absolute Gasteiger partial charge is 0.441 e. The first-order valence-corrected chi connectivity index (χ1v) is 7.70. The first kappa shape index (κ1) is 15.3. The Balaban J connectivity index is 1.54. The van der Waals surface area contributed by atoms with Gasteiger partial charge in [-0.05, 0) is 6.42 Å². The summed E-state index contributed by atoms with van der Waals surface area (Å²) in [7, 11) is 0. The third-order valence-electron chi connectivity index (χ3n) is 4.11. The first-order valence-electron chi connectivity index (χ1n) is 7.70. The number of rotatable bonds is 5. The number of carbonyl (C=O) groups excluding carboxylic acids is 2. The number of nitrogens with zero attached hydrogens (tertiary/aromatic N) is 2. The average molecular weight is 313 g/mol. The second-order valence-corrected chi connectivity index (χ2v) is 5.71. The van der Waals surface area contributed by atoms with Crippen LogP contribution in [0.15, 0.2) is 40.9 Å². The fourth-order valence-corrected chi connectivity index (χ4v) is 2.75. The molecule has 6 heteroatoms. The van der Waals surface area contributed by atoms with Gasteiger partial charge in [-0.2, -0.15) is 0 Å². The number of hydrogen-bond donors (Lipinski definition) is 1. The van der Waals surface area contributed by atoms with E-state index in [1.807, 2.05) is 30.3 Å². The van der Waals surface area contributed by atoms with Crippen LogP contribution < -0.4 is 5.73 Å². The van der Waals surface area contributed by atoms with Gasteiger partial charge in [0.15, 0.2) is 11.7 Å². The lowest BCUT2D eigenvalue weighted by atomic mass is 10.1. The number of nitrogens with two attached hydrogens (primary N) is 1. The summed E-state index contributed by atoms with van der Waals surface area (Å²) < 4.78 is 5.69. The van der Waals surface area contributed by atoms with E-state index in [4.69, 9.17) is 10.2 Å². The van der Waals surface area contributed by atoms with E-state index in [0.29, 0.717) is 44.0 Å². The quantitative estimate of drug-likeness (QED) is 0.908. The number of aryl methyl sites for hydroxylation is 1. The van der Waals surface area contributed by atoms with Gasteiger partial charge >= 0.3 is 0 Å². The van der Waals surface area contributed by atoms with Gasteiger partial charge in [0.2, 0.25) is 11.8 Å². The monoisotopic (exact) mass is 313 g/mol. The maximum Gasteiger partial charge on any atom is 0.223 e. The van der Waals surface area contributed by atoms with Crippen molar-refractivity contribution in [3.63, 3.8) is 0 Å². The highest BCUT2D eigenvalue weighted by Crippen LogP contribution is 2.21. The molecule has 0 spiro atoms. The topological polar surface area (TPSA) is 89.4 Å². The maximum absolute atomic E-state index is 12.2. The van der Waals surface area contributed by atoms with Crippen LogP contribution in [0.5, 0.6) is 0 Å². The summed E-state index contributed by atoms with van der Waals surface area (Å²) in [6.07, 6.45) is 3.09. The third kappa shape index (κ3) is 3.59. The van der Waals surface area contributed by atoms with Crippen molar-refractivity contribution in [1.29, 1.82) is 0 Å². The highest BCUT2D eigenvalue weighted by atomic mass is 16.4. The summed E-state index contributed by atoms with van der Waals surface area (Å²) in [5.41, 5.74) is 6.24. The number of amides is 2. The Kier molecular flexibility index (Phi) is 4.41. The Hall–Kier alpha value is -2.63. The van der Waals surface area contributed by atoms with Gasteiger partial charge in [0, 0.05) is 31.5 Å². The third-order valence-corrected chi connectivity index (χ3v) is 4.11. The average Bonchev–Trinajstić information content (AvgIpc) is 3.23. The minimum Gasteiger partial charge on any atom is -0.441 e. The molecular weight excluding hydrogens is 294 g/mol. The van der Waals surface area contributed by atoms with Crippen molar-refractivity contribution in [3.8, 4) is 11.3 Å². The van der Waals surface area contributed by atoms with E-state index >= 15 is 0 Å². The predicted molar refractivity (Wildman–Crippen MR) is 84.1 cm³/mol. The number of oxazole rings is 1. The zero-order valence-electron chi connectivity index (χ0n) is 12.8. The van der Waals surface area contributed by atoms with Crippen molar-refractivity contribution in [2.75, 3.05) is 13.1 Å².